The molecule has 9 nitrogen and oxygen atoms in total. The Labute approximate surface area is 184 Å². The van der Waals surface area contributed by atoms with Crippen LogP contribution in [-0.2, 0) is 11.2 Å². The first kappa shape index (κ1) is 22.5. The van der Waals surface area contributed by atoms with Gasteiger partial charge in [-0.3, -0.25) is 4.79 Å². The largest absolute Gasteiger partial charge is 0.612 e. The maximum Gasteiger partial charge on any atom is 0.227 e. The third kappa shape index (κ3) is 5.71. The van der Waals surface area contributed by atoms with Crippen molar-refractivity contribution in [3.05, 3.63) is 35.5 Å². The second-order valence-electron chi connectivity index (χ2n) is 7.17. The van der Waals surface area contributed by atoms with Crippen LogP contribution >= 0.6 is 0 Å². The number of piperidine rings is 1. The summed E-state index contributed by atoms with van der Waals surface area (Å²) in [6, 6.07) is 9.37. The molecule has 1 fully saturated rings. The topological polar surface area (TPSA) is 129 Å². The van der Waals surface area contributed by atoms with Crippen LogP contribution in [0, 0.1) is 17.2 Å². The Hall–Kier alpha value is -3.16. The van der Waals surface area contributed by atoms with Gasteiger partial charge in [-0.2, -0.15) is 15.3 Å². The zero-order valence-electron chi connectivity index (χ0n) is 17.5. The molecule has 2 heterocycles. The Kier molecular flexibility index (Phi) is 7.81. The van der Waals surface area contributed by atoms with E-state index in [1.165, 1.54) is 6.21 Å². The molecular formula is C21H25N7O2S. The summed E-state index contributed by atoms with van der Waals surface area (Å²) in [5, 5.41) is 16.1. The zero-order valence-corrected chi connectivity index (χ0v) is 18.4. The fourth-order valence-corrected chi connectivity index (χ4v) is 3.90. The summed E-state index contributed by atoms with van der Waals surface area (Å²) in [4.78, 5) is 23.8. The van der Waals surface area contributed by atoms with Crippen molar-refractivity contribution in [3.8, 4) is 6.07 Å². The molecule has 0 spiro atoms. The minimum atomic E-state index is -1.07. The standard InChI is InChI=1S/C21H25N7O2S/c1-23-24-13-19-18(14-29)20(25-16-3-5-17(6-4-16)31(2)30)27-21(26-19)28-11-8-15(7-10-22)9-12-28/h3-6,13-15,23H,7-9,11-12H2,1-2H3,(H,25,26,27)/b24-13-. The lowest BCUT2D eigenvalue weighted by Crippen LogP contribution is -2.35. The number of carbonyl (C=O) groups excluding carboxylic acids is 1. The second-order valence-corrected chi connectivity index (χ2v) is 8.55. The number of hydrogen-bond acceptors (Lipinski definition) is 9. The number of aldehydes is 1. The van der Waals surface area contributed by atoms with Gasteiger partial charge in [0.15, 0.2) is 11.2 Å². The quantitative estimate of drug-likeness (QED) is 0.278. The minimum Gasteiger partial charge on any atom is -0.612 e. The number of benzene rings is 1. The Morgan fingerprint density at radius 2 is 2.03 bits per heavy atom. The summed E-state index contributed by atoms with van der Waals surface area (Å²) < 4.78 is 11.6. The van der Waals surface area contributed by atoms with Crippen molar-refractivity contribution in [2.24, 2.45) is 11.0 Å². The third-order valence-corrected chi connectivity index (χ3v) is 6.06. The maximum absolute atomic E-state index is 11.9. The van der Waals surface area contributed by atoms with Gasteiger partial charge in [-0.25, -0.2) is 4.98 Å². The van der Waals surface area contributed by atoms with E-state index < -0.39 is 11.2 Å². The Morgan fingerprint density at radius 3 is 2.61 bits per heavy atom. The van der Waals surface area contributed by atoms with Crippen LogP contribution in [0.2, 0.25) is 0 Å². The van der Waals surface area contributed by atoms with E-state index in [4.69, 9.17) is 5.26 Å². The van der Waals surface area contributed by atoms with Crippen molar-refractivity contribution in [1.82, 2.24) is 15.4 Å². The number of aromatic nitrogens is 2. The van der Waals surface area contributed by atoms with Crippen LogP contribution in [0.15, 0.2) is 34.3 Å². The van der Waals surface area contributed by atoms with E-state index in [0.717, 1.165) is 25.9 Å². The highest BCUT2D eigenvalue weighted by atomic mass is 32.2. The first-order valence-corrected chi connectivity index (χ1v) is 11.5. The average molecular weight is 440 g/mol. The third-order valence-electron chi connectivity index (χ3n) is 5.12. The normalized spacial score (nSPS) is 15.5. The molecule has 1 saturated heterocycles. The van der Waals surface area contributed by atoms with E-state index in [2.05, 4.69) is 36.8 Å². The fourth-order valence-electron chi connectivity index (χ4n) is 3.38. The first-order chi connectivity index (χ1) is 15.0. The van der Waals surface area contributed by atoms with Crippen molar-refractivity contribution in [2.45, 2.75) is 24.2 Å². The Bertz CT molecular complexity index is 965. The van der Waals surface area contributed by atoms with E-state index in [0.29, 0.717) is 52.2 Å². The van der Waals surface area contributed by atoms with Crippen LogP contribution in [0.3, 0.4) is 0 Å². The zero-order chi connectivity index (χ0) is 22.2. The number of nitrogens with zero attached hydrogens (tertiary/aromatic N) is 5. The molecule has 162 valence electrons. The highest BCUT2D eigenvalue weighted by Crippen LogP contribution is 2.27. The van der Waals surface area contributed by atoms with Gasteiger partial charge in [0.2, 0.25) is 5.95 Å². The van der Waals surface area contributed by atoms with Gasteiger partial charge in [-0.05, 0) is 54.2 Å². The Balaban J connectivity index is 1.93. The predicted octanol–water partition coefficient (Wildman–Crippen LogP) is 2.45. The summed E-state index contributed by atoms with van der Waals surface area (Å²) in [5.74, 6) is 1.27. The van der Waals surface area contributed by atoms with Gasteiger partial charge in [0, 0.05) is 32.2 Å². The van der Waals surface area contributed by atoms with Crippen molar-refractivity contribution < 1.29 is 9.35 Å². The first-order valence-electron chi connectivity index (χ1n) is 9.95. The molecule has 1 aliphatic rings. The number of nitriles is 1. The van der Waals surface area contributed by atoms with E-state index in [9.17, 15) is 9.35 Å². The molecular weight excluding hydrogens is 414 g/mol. The summed E-state index contributed by atoms with van der Waals surface area (Å²) >= 11 is -1.07. The van der Waals surface area contributed by atoms with Crippen LogP contribution in [0.5, 0.6) is 0 Å². The molecule has 2 N–H and O–H groups in total. The van der Waals surface area contributed by atoms with Gasteiger partial charge in [-0.15, -0.1) is 0 Å². The summed E-state index contributed by atoms with van der Waals surface area (Å²) in [7, 11) is 1.66. The lowest BCUT2D eigenvalue weighted by atomic mass is 9.94. The second kappa shape index (κ2) is 10.7. The van der Waals surface area contributed by atoms with Gasteiger partial charge in [-0.1, -0.05) is 0 Å². The van der Waals surface area contributed by atoms with E-state index >= 15 is 0 Å². The van der Waals surface area contributed by atoms with E-state index in [-0.39, 0.29) is 0 Å². The lowest BCUT2D eigenvalue weighted by molar-refractivity contribution is 0.112. The van der Waals surface area contributed by atoms with Gasteiger partial charge in [0.25, 0.3) is 0 Å². The molecule has 2 aromatic rings. The van der Waals surface area contributed by atoms with Gasteiger partial charge in [0.05, 0.1) is 17.8 Å². The van der Waals surface area contributed by atoms with Crippen molar-refractivity contribution in [3.63, 3.8) is 0 Å². The smallest absolute Gasteiger partial charge is 0.227 e. The van der Waals surface area contributed by atoms with Gasteiger partial charge in [0.1, 0.15) is 17.8 Å². The maximum atomic E-state index is 11.9. The van der Waals surface area contributed by atoms with E-state index in [1.54, 1.807) is 37.6 Å². The number of hydrogen-bond donors (Lipinski definition) is 2. The molecule has 3 rings (SSSR count). The Morgan fingerprint density at radius 1 is 1.32 bits per heavy atom. The number of anilines is 3. The van der Waals surface area contributed by atoms with Gasteiger partial charge < -0.3 is 20.2 Å². The van der Waals surface area contributed by atoms with Crippen molar-refractivity contribution in [2.75, 3.05) is 36.6 Å². The van der Waals surface area contributed by atoms with Crippen LogP contribution in [0.25, 0.3) is 0 Å². The molecule has 1 aromatic carbocycles. The molecule has 0 saturated carbocycles. The van der Waals surface area contributed by atoms with Crippen LogP contribution in [0.1, 0.15) is 35.3 Å². The molecule has 31 heavy (non-hydrogen) atoms. The number of rotatable bonds is 8. The van der Waals surface area contributed by atoms with Gasteiger partial charge >= 0.3 is 0 Å². The average Bonchev–Trinajstić information content (AvgIpc) is 2.78. The molecule has 1 atom stereocenters. The monoisotopic (exact) mass is 439 g/mol. The lowest BCUT2D eigenvalue weighted by Gasteiger charge is -2.31. The molecule has 0 radical (unpaired) electrons. The number of carbonyl (C=O) groups is 1. The number of hydrazone groups is 1. The molecule has 0 bridgehead atoms. The fraction of sp³-hybridized carbons (Fsp3) is 0.381. The van der Waals surface area contributed by atoms with Crippen LogP contribution in [0.4, 0.5) is 17.5 Å². The highest BCUT2D eigenvalue weighted by Gasteiger charge is 2.23. The van der Waals surface area contributed by atoms with Crippen LogP contribution in [-0.4, -0.2) is 53.4 Å². The summed E-state index contributed by atoms with van der Waals surface area (Å²) in [6.07, 6.45) is 6.17. The molecule has 1 unspecified atom stereocenters. The molecule has 1 aromatic heterocycles. The van der Waals surface area contributed by atoms with E-state index in [1.807, 2.05) is 0 Å². The summed E-state index contributed by atoms with van der Waals surface area (Å²) in [6.45, 7) is 1.48. The molecule has 1 aliphatic heterocycles. The minimum absolute atomic E-state index is 0.297. The summed E-state index contributed by atoms with van der Waals surface area (Å²) in [5.41, 5.74) is 4.09. The SMILES string of the molecule is CN/N=C\c1nc(N2CCC(CC#N)CC2)nc(Nc2ccc([S+](C)[O-])cc2)c1C=O. The molecule has 0 aliphatic carbocycles. The molecule has 0 amide bonds. The van der Waals surface area contributed by atoms with Crippen molar-refractivity contribution in [1.29, 1.82) is 5.26 Å². The number of nitrogens with one attached hydrogen (secondary N) is 2. The van der Waals surface area contributed by atoms with Crippen molar-refractivity contribution >= 4 is 41.1 Å². The predicted molar refractivity (Wildman–Crippen MR) is 121 cm³/mol. The van der Waals surface area contributed by atoms with Crippen LogP contribution < -0.4 is 15.6 Å². The highest BCUT2D eigenvalue weighted by molar-refractivity contribution is 7.90. The molecule has 10 heteroatoms.